The molecule has 4 rings (SSSR count). The van der Waals surface area contributed by atoms with Gasteiger partial charge in [-0.1, -0.05) is 17.9 Å². The van der Waals surface area contributed by atoms with Gasteiger partial charge in [0, 0.05) is 24.5 Å². The number of methoxy groups -OCH3 is 1. The third kappa shape index (κ3) is 8.12. The van der Waals surface area contributed by atoms with Gasteiger partial charge in [0.1, 0.15) is 5.75 Å². The molecule has 0 unspecified atom stereocenters. The number of benzene rings is 1. The van der Waals surface area contributed by atoms with Gasteiger partial charge in [-0.3, -0.25) is 14.7 Å². The zero-order valence-corrected chi connectivity index (χ0v) is 22.3. The van der Waals surface area contributed by atoms with Gasteiger partial charge in [-0.15, -0.1) is 36.2 Å². The van der Waals surface area contributed by atoms with Crippen LogP contribution in [0.5, 0.6) is 5.75 Å². The second kappa shape index (κ2) is 14.3. The third-order valence-electron chi connectivity index (χ3n) is 6.51. The van der Waals surface area contributed by atoms with Crippen molar-refractivity contribution in [3.63, 3.8) is 0 Å². The van der Waals surface area contributed by atoms with E-state index in [-0.39, 0.29) is 37.2 Å². The number of thiophene rings is 1. The van der Waals surface area contributed by atoms with E-state index >= 15 is 0 Å². The Morgan fingerprint density at radius 2 is 2.11 bits per heavy atom. The number of carboxylic acid groups (broad SMARTS) is 1. The monoisotopic (exact) mass is 534 g/mol. The van der Waals surface area contributed by atoms with E-state index in [0.29, 0.717) is 12.5 Å². The van der Waals surface area contributed by atoms with Crippen molar-refractivity contribution < 1.29 is 14.6 Å². The molecule has 0 amide bonds. The van der Waals surface area contributed by atoms with Gasteiger partial charge < -0.3 is 9.84 Å². The standard InChI is InChI=1S/C27H30N2O3S.2ClH/c1-32-23-9-10-26-25(18-23)21(11-13-28-26)6-2-5-20-12-15-29(19-22(20)17-27(30)31)14-3-7-24-8-4-16-33-24;;/h4,8-11,13,16,18,20,22H,2,5-6,12,14-15,17,19H2,1H3,(H,30,31);2*1H/t20-,22+;;/m1../s1. The van der Waals surface area contributed by atoms with Crippen LogP contribution in [0.3, 0.4) is 0 Å². The Morgan fingerprint density at radius 3 is 2.86 bits per heavy atom. The van der Waals surface area contributed by atoms with Gasteiger partial charge in [0.2, 0.25) is 0 Å². The normalized spacial score (nSPS) is 17.5. The maximum Gasteiger partial charge on any atom is 0.303 e. The molecule has 1 aromatic carbocycles. The van der Waals surface area contributed by atoms with Crippen LogP contribution < -0.4 is 4.74 Å². The van der Waals surface area contributed by atoms with Crippen LogP contribution in [0.4, 0.5) is 0 Å². The second-order valence-electron chi connectivity index (χ2n) is 8.67. The minimum atomic E-state index is -0.705. The summed E-state index contributed by atoms with van der Waals surface area (Å²) in [5.41, 5.74) is 2.25. The average molecular weight is 536 g/mol. The van der Waals surface area contributed by atoms with Gasteiger partial charge in [-0.05, 0) is 85.3 Å². The number of pyridine rings is 1. The minimum absolute atomic E-state index is 0. The van der Waals surface area contributed by atoms with Gasteiger partial charge in [-0.2, -0.15) is 0 Å². The molecule has 1 saturated heterocycles. The number of halogens is 2. The summed E-state index contributed by atoms with van der Waals surface area (Å²) < 4.78 is 5.39. The van der Waals surface area contributed by atoms with Crippen molar-refractivity contribution in [1.82, 2.24) is 9.88 Å². The fourth-order valence-electron chi connectivity index (χ4n) is 4.81. The summed E-state index contributed by atoms with van der Waals surface area (Å²) in [6.07, 6.45) is 6.17. The van der Waals surface area contributed by atoms with Crippen molar-refractivity contribution in [2.24, 2.45) is 11.8 Å². The van der Waals surface area contributed by atoms with Gasteiger partial charge in [-0.25, -0.2) is 0 Å². The number of hydrogen-bond donors (Lipinski definition) is 1. The largest absolute Gasteiger partial charge is 0.497 e. The van der Waals surface area contributed by atoms with E-state index in [9.17, 15) is 9.90 Å². The molecule has 5 nitrogen and oxygen atoms in total. The van der Waals surface area contributed by atoms with E-state index in [1.54, 1.807) is 18.4 Å². The Bertz CT molecular complexity index is 1140. The highest BCUT2D eigenvalue weighted by Crippen LogP contribution is 2.31. The molecule has 188 valence electrons. The number of aryl methyl sites for hydroxylation is 1. The number of nitrogens with zero attached hydrogens (tertiary/aromatic N) is 2. The summed E-state index contributed by atoms with van der Waals surface area (Å²) in [7, 11) is 1.68. The Kier molecular flexibility index (Phi) is 11.8. The first kappa shape index (κ1) is 28.9. The molecule has 2 atom stereocenters. The Balaban J connectivity index is 0.00000216. The number of carboxylic acids is 1. The summed E-state index contributed by atoms with van der Waals surface area (Å²) in [4.78, 5) is 19.4. The van der Waals surface area contributed by atoms with E-state index in [0.717, 1.165) is 60.3 Å². The maximum absolute atomic E-state index is 11.5. The number of rotatable bonds is 8. The molecule has 0 aliphatic carbocycles. The van der Waals surface area contributed by atoms with Crippen LogP contribution >= 0.6 is 36.2 Å². The predicted octanol–water partition coefficient (Wildman–Crippen LogP) is 5.94. The number of aliphatic carboxylic acids is 1. The lowest BCUT2D eigenvalue weighted by atomic mass is 9.80. The fraction of sp³-hybridized carbons (Fsp3) is 0.407. The molecular weight excluding hydrogens is 503 g/mol. The zero-order chi connectivity index (χ0) is 23.0. The predicted molar refractivity (Wildman–Crippen MR) is 147 cm³/mol. The summed E-state index contributed by atoms with van der Waals surface area (Å²) >= 11 is 1.65. The molecular formula is C27H32Cl2N2O3S. The van der Waals surface area contributed by atoms with Gasteiger partial charge in [0.05, 0.1) is 24.0 Å². The van der Waals surface area contributed by atoms with Crippen LogP contribution in [0.15, 0.2) is 48.0 Å². The number of hydrogen-bond acceptors (Lipinski definition) is 5. The highest BCUT2D eigenvalue weighted by atomic mass is 35.5. The van der Waals surface area contributed by atoms with Gasteiger partial charge in [0.25, 0.3) is 0 Å². The van der Waals surface area contributed by atoms with E-state index in [2.05, 4.69) is 33.9 Å². The SMILES string of the molecule is COc1ccc2nccc(CCC[C@@H]3CCN(CC#Cc4cccs4)C[C@@H]3CC(=O)O)c2c1.Cl.Cl. The molecule has 8 heteroatoms. The van der Waals surface area contributed by atoms with Gasteiger partial charge in [0.15, 0.2) is 0 Å². The van der Waals surface area contributed by atoms with Crippen molar-refractivity contribution in [2.45, 2.75) is 32.1 Å². The summed E-state index contributed by atoms with van der Waals surface area (Å²) in [5.74, 6) is 7.22. The number of aromatic nitrogens is 1. The van der Waals surface area contributed by atoms with Crippen LogP contribution in [0.25, 0.3) is 10.9 Å². The first-order chi connectivity index (χ1) is 16.1. The quantitative estimate of drug-likeness (QED) is 0.362. The number of fused-ring (bicyclic) bond motifs is 1. The second-order valence-corrected chi connectivity index (χ2v) is 9.61. The van der Waals surface area contributed by atoms with E-state index < -0.39 is 5.97 Å². The van der Waals surface area contributed by atoms with E-state index in [4.69, 9.17) is 4.74 Å². The number of ether oxygens (including phenoxy) is 1. The Morgan fingerprint density at radius 1 is 1.26 bits per heavy atom. The molecule has 3 heterocycles. The molecule has 1 fully saturated rings. The van der Waals surface area contributed by atoms with Crippen LogP contribution in [-0.4, -0.2) is 47.7 Å². The van der Waals surface area contributed by atoms with Crippen molar-refractivity contribution in [1.29, 1.82) is 0 Å². The lowest BCUT2D eigenvalue weighted by molar-refractivity contribution is -0.139. The van der Waals surface area contributed by atoms with Crippen molar-refractivity contribution >= 4 is 53.0 Å². The molecule has 0 radical (unpaired) electrons. The summed E-state index contributed by atoms with van der Waals surface area (Å²) in [6.45, 7) is 2.49. The first-order valence-electron chi connectivity index (χ1n) is 11.5. The van der Waals surface area contributed by atoms with Crippen molar-refractivity contribution in [3.05, 3.63) is 58.4 Å². The van der Waals surface area contributed by atoms with E-state index in [1.807, 2.05) is 35.8 Å². The van der Waals surface area contributed by atoms with Crippen LogP contribution in [0, 0.1) is 23.7 Å². The third-order valence-corrected chi connectivity index (χ3v) is 7.29. The molecule has 0 saturated carbocycles. The van der Waals surface area contributed by atoms with E-state index in [1.165, 1.54) is 5.56 Å². The molecule has 35 heavy (non-hydrogen) atoms. The molecule has 3 aromatic rings. The first-order valence-corrected chi connectivity index (χ1v) is 12.4. The average Bonchev–Trinajstić information content (AvgIpc) is 3.33. The molecule has 2 aromatic heterocycles. The molecule has 1 N–H and O–H groups in total. The molecule has 1 aliphatic heterocycles. The van der Waals surface area contributed by atoms with Crippen molar-refractivity contribution in [3.8, 4) is 17.6 Å². The molecule has 1 aliphatic rings. The maximum atomic E-state index is 11.5. The lowest BCUT2D eigenvalue weighted by Gasteiger charge is -2.37. The highest BCUT2D eigenvalue weighted by molar-refractivity contribution is 7.10. The molecule has 0 spiro atoms. The zero-order valence-electron chi connectivity index (χ0n) is 19.8. The summed E-state index contributed by atoms with van der Waals surface area (Å²) in [6, 6.07) is 12.1. The smallest absolute Gasteiger partial charge is 0.303 e. The number of piperidine rings is 1. The highest BCUT2D eigenvalue weighted by Gasteiger charge is 2.30. The fourth-order valence-corrected chi connectivity index (χ4v) is 5.40. The topological polar surface area (TPSA) is 62.7 Å². The van der Waals surface area contributed by atoms with Gasteiger partial charge >= 0.3 is 5.97 Å². The van der Waals surface area contributed by atoms with Crippen LogP contribution in [0.2, 0.25) is 0 Å². The minimum Gasteiger partial charge on any atom is -0.497 e. The lowest BCUT2D eigenvalue weighted by Crippen LogP contribution is -2.41. The Hall–Kier alpha value is -2.30. The van der Waals surface area contributed by atoms with Crippen LogP contribution in [-0.2, 0) is 11.2 Å². The summed E-state index contributed by atoms with van der Waals surface area (Å²) in [5, 5.41) is 12.6. The number of carbonyl (C=O) groups is 1. The van der Waals surface area contributed by atoms with Crippen LogP contribution in [0.1, 0.15) is 36.1 Å². The Labute approximate surface area is 223 Å². The number of likely N-dealkylation sites (tertiary alicyclic amines) is 1. The molecule has 0 bridgehead atoms. The van der Waals surface area contributed by atoms with Crippen molar-refractivity contribution in [2.75, 3.05) is 26.7 Å².